The van der Waals surface area contributed by atoms with Crippen molar-refractivity contribution in [1.29, 1.82) is 0 Å². The van der Waals surface area contributed by atoms with Gasteiger partial charge >= 0.3 is 6.09 Å². The van der Waals surface area contributed by atoms with E-state index in [1.807, 2.05) is 26.8 Å². The number of aromatic amines is 1. The Kier molecular flexibility index (Phi) is 5.08. The number of pyridine rings is 1. The van der Waals surface area contributed by atoms with Crippen LogP contribution in [0.2, 0.25) is 0 Å². The number of nitrogens with zero attached hydrogens (tertiary/aromatic N) is 2. The Hall–Kier alpha value is -3.55. The highest BCUT2D eigenvalue weighted by Crippen LogP contribution is 2.40. The van der Waals surface area contributed by atoms with E-state index in [1.165, 1.54) is 11.1 Å². The molecule has 4 rings (SSSR count). The molecule has 4 N–H and O–H groups in total. The number of nitrogens with two attached hydrogens (primary N) is 1. The lowest BCUT2D eigenvalue weighted by molar-refractivity contribution is 0.0678. The molecule has 8 nitrogen and oxygen atoms in total. The van der Waals surface area contributed by atoms with Gasteiger partial charge in [0.25, 0.3) is 5.91 Å². The molecule has 162 valence electrons. The first kappa shape index (κ1) is 20.7. The summed E-state index contributed by atoms with van der Waals surface area (Å²) in [6.45, 7) is 5.67. The molecular formula is C23H26N4O4. The second-order valence-electron chi connectivity index (χ2n) is 8.80. The molecule has 0 saturated carbocycles. The quantitative estimate of drug-likeness (QED) is 0.565. The molecule has 2 amide bonds. The van der Waals surface area contributed by atoms with Crippen LogP contribution < -0.4 is 5.73 Å². The number of carbonyl (C=O) groups is 2. The molecule has 0 aromatic carbocycles. The van der Waals surface area contributed by atoms with Crippen molar-refractivity contribution in [2.45, 2.75) is 51.6 Å². The van der Waals surface area contributed by atoms with E-state index in [4.69, 9.17) is 10.2 Å². The molecule has 0 fully saturated rings. The van der Waals surface area contributed by atoms with Crippen molar-refractivity contribution in [2.75, 3.05) is 0 Å². The molecular weight excluding hydrogens is 396 g/mol. The third-order valence-electron chi connectivity index (χ3n) is 5.71. The van der Waals surface area contributed by atoms with Gasteiger partial charge in [0.15, 0.2) is 0 Å². The van der Waals surface area contributed by atoms with Gasteiger partial charge in [-0.2, -0.15) is 0 Å². The van der Waals surface area contributed by atoms with Crippen LogP contribution >= 0.6 is 0 Å². The van der Waals surface area contributed by atoms with Gasteiger partial charge in [-0.25, -0.2) is 9.78 Å². The summed E-state index contributed by atoms with van der Waals surface area (Å²) >= 11 is 0. The fourth-order valence-corrected chi connectivity index (χ4v) is 4.55. The molecule has 0 aliphatic heterocycles. The summed E-state index contributed by atoms with van der Waals surface area (Å²) in [5, 5.41) is 10.6. The molecule has 1 aliphatic rings. The second-order valence-corrected chi connectivity index (χ2v) is 8.80. The largest absolute Gasteiger partial charge is 0.465 e. The normalized spacial score (nSPS) is 16.9. The predicted octanol–water partition coefficient (Wildman–Crippen LogP) is 4.64. The first-order valence-corrected chi connectivity index (χ1v) is 10.2. The minimum atomic E-state index is -0.952. The van der Waals surface area contributed by atoms with Gasteiger partial charge in [-0.3, -0.25) is 4.79 Å². The second kappa shape index (κ2) is 7.61. The number of amides is 2. The topological polar surface area (TPSA) is 125 Å². The molecule has 3 heterocycles. The molecule has 1 atom stereocenters. The number of carboxylic acid groups (broad SMARTS) is 1. The smallest absolute Gasteiger partial charge is 0.407 e. The van der Waals surface area contributed by atoms with Gasteiger partial charge in [0, 0.05) is 40.5 Å². The van der Waals surface area contributed by atoms with E-state index in [1.54, 1.807) is 18.5 Å². The van der Waals surface area contributed by atoms with E-state index in [-0.39, 0.29) is 6.04 Å². The average Bonchev–Trinajstić information content (AvgIpc) is 3.35. The van der Waals surface area contributed by atoms with E-state index < -0.39 is 17.5 Å². The van der Waals surface area contributed by atoms with Gasteiger partial charge < -0.3 is 25.1 Å². The lowest BCUT2D eigenvalue weighted by Gasteiger charge is -2.41. The number of nitrogens with one attached hydrogen (secondary N) is 1. The third-order valence-corrected chi connectivity index (χ3v) is 5.71. The maximum atomic E-state index is 12.3. The maximum Gasteiger partial charge on any atom is 0.407 e. The molecule has 3 aromatic rings. The number of carbonyl (C=O) groups excluding carboxylic acids is 1. The van der Waals surface area contributed by atoms with Crippen molar-refractivity contribution in [3.05, 3.63) is 48.0 Å². The van der Waals surface area contributed by atoms with E-state index in [0.29, 0.717) is 41.8 Å². The van der Waals surface area contributed by atoms with Crippen LogP contribution in [-0.4, -0.2) is 43.6 Å². The minimum absolute atomic E-state index is 0.215. The summed E-state index contributed by atoms with van der Waals surface area (Å²) in [7, 11) is 0. The van der Waals surface area contributed by atoms with Gasteiger partial charge in [-0.05, 0) is 57.7 Å². The van der Waals surface area contributed by atoms with Crippen molar-refractivity contribution < 1.29 is 19.1 Å². The minimum Gasteiger partial charge on any atom is -0.465 e. The molecule has 8 heteroatoms. The number of furan rings is 1. The zero-order valence-electron chi connectivity index (χ0n) is 17.8. The molecule has 31 heavy (non-hydrogen) atoms. The van der Waals surface area contributed by atoms with Gasteiger partial charge in [-0.1, -0.05) is 6.08 Å². The van der Waals surface area contributed by atoms with Gasteiger partial charge in [0.2, 0.25) is 0 Å². The highest BCUT2D eigenvalue weighted by Gasteiger charge is 2.35. The Balaban J connectivity index is 1.88. The molecule has 0 saturated heterocycles. The molecule has 0 bridgehead atoms. The summed E-state index contributed by atoms with van der Waals surface area (Å²) in [6.07, 6.45) is 7.87. The van der Waals surface area contributed by atoms with E-state index >= 15 is 0 Å². The van der Waals surface area contributed by atoms with E-state index in [0.717, 1.165) is 16.5 Å². The SMILES string of the molecule is CC(C)(C)N(C(=O)O)C1CCC=C(c2c(C(N)=O)cnc3[nH]cc(-c4ccco4)c23)C1. The Morgan fingerprint density at radius 3 is 2.74 bits per heavy atom. The molecule has 1 unspecified atom stereocenters. The number of fused-ring (bicyclic) bond motifs is 1. The molecule has 3 aromatic heterocycles. The van der Waals surface area contributed by atoms with Gasteiger partial charge in [-0.15, -0.1) is 0 Å². The van der Waals surface area contributed by atoms with Crippen molar-refractivity contribution >= 4 is 28.6 Å². The van der Waals surface area contributed by atoms with Crippen LogP contribution in [-0.2, 0) is 0 Å². The summed E-state index contributed by atoms with van der Waals surface area (Å²) in [5.41, 5.74) is 8.44. The Morgan fingerprint density at radius 1 is 1.35 bits per heavy atom. The number of primary amides is 1. The summed E-state index contributed by atoms with van der Waals surface area (Å²) in [6, 6.07) is 3.42. The number of aromatic nitrogens is 2. The standard InChI is InChI=1S/C23H26N4O4/c1-23(2,3)27(22(29)30)14-7-4-6-13(10-14)18-16(20(24)28)12-26-21-19(18)15(11-25-21)17-8-5-9-31-17/h5-6,8-9,11-12,14H,4,7,10H2,1-3H3,(H2,24,28)(H,25,26)(H,29,30). The van der Waals surface area contributed by atoms with Crippen molar-refractivity contribution in [1.82, 2.24) is 14.9 Å². The van der Waals surface area contributed by atoms with E-state index in [9.17, 15) is 14.7 Å². The number of hydrogen-bond acceptors (Lipinski definition) is 4. The fourth-order valence-electron chi connectivity index (χ4n) is 4.55. The summed E-state index contributed by atoms with van der Waals surface area (Å²) < 4.78 is 5.59. The monoisotopic (exact) mass is 422 g/mol. The van der Waals surface area contributed by atoms with Crippen LogP contribution in [0.5, 0.6) is 0 Å². The first-order valence-electron chi connectivity index (χ1n) is 10.2. The highest BCUT2D eigenvalue weighted by atomic mass is 16.4. The summed E-state index contributed by atoms with van der Waals surface area (Å²) in [5.74, 6) is 0.0654. The van der Waals surface area contributed by atoms with Crippen LogP contribution in [0.1, 0.15) is 56.0 Å². The van der Waals surface area contributed by atoms with Crippen LogP contribution in [0.4, 0.5) is 4.79 Å². The van der Waals surface area contributed by atoms with Crippen LogP contribution in [0, 0.1) is 0 Å². The predicted molar refractivity (Wildman–Crippen MR) is 118 cm³/mol. The Morgan fingerprint density at radius 2 is 2.13 bits per heavy atom. The van der Waals surface area contributed by atoms with Crippen LogP contribution in [0.3, 0.4) is 0 Å². The molecule has 0 spiro atoms. The van der Waals surface area contributed by atoms with Crippen LogP contribution in [0.25, 0.3) is 27.9 Å². The number of hydrogen-bond donors (Lipinski definition) is 3. The van der Waals surface area contributed by atoms with Crippen molar-refractivity contribution in [2.24, 2.45) is 5.73 Å². The maximum absolute atomic E-state index is 12.3. The number of allylic oxidation sites excluding steroid dienone is 1. The van der Waals surface area contributed by atoms with Crippen molar-refractivity contribution in [3.63, 3.8) is 0 Å². The average molecular weight is 422 g/mol. The molecule has 0 radical (unpaired) electrons. The third kappa shape index (κ3) is 3.69. The Labute approximate surface area is 179 Å². The highest BCUT2D eigenvalue weighted by molar-refractivity contribution is 6.09. The van der Waals surface area contributed by atoms with Crippen LogP contribution in [0.15, 0.2) is 41.3 Å². The number of rotatable bonds is 4. The first-order chi connectivity index (χ1) is 14.7. The van der Waals surface area contributed by atoms with Gasteiger partial charge in [0.05, 0.1) is 11.8 Å². The summed E-state index contributed by atoms with van der Waals surface area (Å²) in [4.78, 5) is 33.4. The lowest BCUT2D eigenvalue weighted by Crippen LogP contribution is -2.51. The van der Waals surface area contributed by atoms with E-state index in [2.05, 4.69) is 16.0 Å². The molecule has 1 aliphatic carbocycles. The van der Waals surface area contributed by atoms with Crippen molar-refractivity contribution in [3.8, 4) is 11.3 Å². The number of H-pyrrole nitrogens is 1. The fraction of sp³-hybridized carbons (Fsp3) is 0.348. The zero-order chi connectivity index (χ0) is 22.3. The Bertz CT molecular complexity index is 1170. The van der Waals surface area contributed by atoms with Gasteiger partial charge in [0.1, 0.15) is 11.4 Å². The lowest BCUT2D eigenvalue weighted by atomic mass is 9.84. The zero-order valence-corrected chi connectivity index (χ0v) is 17.8.